The third kappa shape index (κ3) is 2.05. The molecule has 0 heterocycles. The number of amides is 1. The molecule has 2 N–H and O–H groups in total. The summed E-state index contributed by atoms with van der Waals surface area (Å²) in [7, 11) is 0. The van der Waals surface area contributed by atoms with E-state index in [1.54, 1.807) is 0 Å². The van der Waals surface area contributed by atoms with E-state index in [-0.39, 0.29) is 5.92 Å². The largest absolute Gasteiger partial charge is 0.369 e. The number of benzene rings is 1. The fourth-order valence-electron chi connectivity index (χ4n) is 3.24. The van der Waals surface area contributed by atoms with Gasteiger partial charge in [-0.1, -0.05) is 37.6 Å². The predicted molar refractivity (Wildman–Crippen MR) is 79.7 cm³/mol. The minimum atomic E-state index is -1.09. The molecule has 2 rings (SSSR count). The number of primary amides is 1. The predicted octanol–water partition coefficient (Wildman–Crippen LogP) is 4.13. The lowest BCUT2D eigenvalue weighted by molar-refractivity contribution is -0.120. The number of carbonyl (C=O) groups excluding carboxylic acids is 1. The number of hydrogen-bond donors (Lipinski definition) is 1. The highest BCUT2D eigenvalue weighted by Crippen LogP contribution is 2.75. The van der Waals surface area contributed by atoms with Crippen LogP contribution in [0, 0.1) is 11.3 Å². The van der Waals surface area contributed by atoms with E-state index in [4.69, 9.17) is 40.5 Å². The summed E-state index contributed by atoms with van der Waals surface area (Å²) >= 11 is 18.6. The molecule has 1 fully saturated rings. The normalized spacial score (nSPS) is 29.8. The van der Waals surface area contributed by atoms with Gasteiger partial charge >= 0.3 is 0 Å². The molecule has 1 aliphatic rings. The molecule has 0 radical (unpaired) electrons. The van der Waals surface area contributed by atoms with Gasteiger partial charge in [-0.15, -0.1) is 23.2 Å². The highest BCUT2D eigenvalue weighted by Gasteiger charge is 2.79. The number of carbonyl (C=O) groups is 1. The second-order valence-corrected chi connectivity index (χ2v) is 6.95. The van der Waals surface area contributed by atoms with Crippen molar-refractivity contribution in [2.75, 3.05) is 0 Å². The van der Waals surface area contributed by atoms with Gasteiger partial charge < -0.3 is 5.73 Å². The monoisotopic (exact) mass is 319 g/mol. The smallest absolute Gasteiger partial charge is 0.224 e. The quantitative estimate of drug-likeness (QED) is 0.833. The second kappa shape index (κ2) is 4.83. The van der Waals surface area contributed by atoms with Gasteiger partial charge in [-0.05, 0) is 30.0 Å². The molecule has 3 atom stereocenters. The number of rotatable bonds is 4. The summed E-state index contributed by atoms with van der Waals surface area (Å²) in [4.78, 5) is 11.6. The molecule has 1 aromatic carbocycles. The van der Waals surface area contributed by atoms with Crippen LogP contribution in [0.25, 0.3) is 0 Å². The van der Waals surface area contributed by atoms with Crippen LogP contribution in [0.15, 0.2) is 24.3 Å². The topological polar surface area (TPSA) is 43.1 Å². The molecular formula is C14H16Cl3NO. The van der Waals surface area contributed by atoms with Gasteiger partial charge in [0.25, 0.3) is 0 Å². The van der Waals surface area contributed by atoms with Gasteiger partial charge in [0.15, 0.2) is 0 Å². The van der Waals surface area contributed by atoms with Crippen LogP contribution in [0.5, 0.6) is 0 Å². The van der Waals surface area contributed by atoms with E-state index in [2.05, 4.69) is 0 Å². The summed E-state index contributed by atoms with van der Waals surface area (Å²) in [5.41, 5.74) is 5.99. The number of hydrogen-bond acceptors (Lipinski definition) is 1. The van der Waals surface area contributed by atoms with Crippen LogP contribution in [-0.2, 0) is 4.79 Å². The van der Waals surface area contributed by atoms with E-state index in [1.807, 2.05) is 38.1 Å². The Hall–Kier alpha value is -0.440. The zero-order chi connectivity index (χ0) is 14.4. The summed E-state index contributed by atoms with van der Waals surface area (Å²) < 4.78 is -1.09. The lowest BCUT2D eigenvalue weighted by Crippen LogP contribution is -2.22. The van der Waals surface area contributed by atoms with Crippen molar-refractivity contribution in [2.24, 2.45) is 17.1 Å². The van der Waals surface area contributed by atoms with Gasteiger partial charge in [0, 0.05) is 10.4 Å². The average molecular weight is 321 g/mol. The molecule has 1 saturated carbocycles. The van der Waals surface area contributed by atoms with Gasteiger partial charge in [-0.2, -0.15) is 0 Å². The molecule has 0 bridgehead atoms. The fraction of sp³-hybridized carbons (Fsp3) is 0.500. The summed E-state index contributed by atoms with van der Waals surface area (Å²) in [6, 6.07) is 7.51. The highest BCUT2D eigenvalue weighted by atomic mass is 35.5. The molecule has 104 valence electrons. The van der Waals surface area contributed by atoms with Gasteiger partial charge in [0.05, 0.1) is 5.92 Å². The Balaban J connectivity index is 2.38. The van der Waals surface area contributed by atoms with Crippen LogP contribution in [0.4, 0.5) is 0 Å². The molecule has 3 unspecified atom stereocenters. The molecule has 5 heteroatoms. The zero-order valence-electron chi connectivity index (χ0n) is 10.8. The van der Waals surface area contributed by atoms with Crippen molar-refractivity contribution in [3.05, 3.63) is 34.9 Å². The second-order valence-electron chi connectivity index (χ2n) is 5.13. The van der Waals surface area contributed by atoms with Crippen LogP contribution in [0.2, 0.25) is 5.02 Å². The molecule has 1 amide bonds. The minimum absolute atomic E-state index is 0.0299. The van der Waals surface area contributed by atoms with Crippen LogP contribution in [-0.4, -0.2) is 10.2 Å². The summed E-state index contributed by atoms with van der Waals surface area (Å²) in [5, 5.41) is 0.673. The van der Waals surface area contributed by atoms with Gasteiger partial charge in [0.1, 0.15) is 4.33 Å². The van der Waals surface area contributed by atoms with E-state index in [0.717, 1.165) is 5.56 Å². The third-order valence-corrected chi connectivity index (χ3v) is 5.82. The summed E-state index contributed by atoms with van der Waals surface area (Å²) in [6.07, 6.45) is 0.692. The lowest BCUT2D eigenvalue weighted by Gasteiger charge is -2.25. The van der Waals surface area contributed by atoms with E-state index in [9.17, 15) is 4.79 Å². The molecule has 1 aromatic rings. The first-order chi connectivity index (χ1) is 8.79. The Bertz CT molecular complexity index is 500. The van der Waals surface area contributed by atoms with Gasteiger partial charge in [0.2, 0.25) is 5.91 Å². The Kier molecular flexibility index (Phi) is 3.81. The SMILES string of the molecule is CCC1(C(C)c2ccc(Cl)cc2)C(C(N)=O)C1(Cl)Cl. The molecule has 2 nitrogen and oxygen atoms in total. The van der Waals surface area contributed by atoms with Crippen molar-refractivity contribution in [1.82, 2.24) is 0 Å². The van der Waals surface area contributed by atoms with Crippen molar-refractivity contribution in [2.45, 2.75) is 30.5 Å². The first-order valence-electron chi connectivity index (χ1n) is 6.21. The number of alkyl halides is 2. The average Bonchev–Trinajstić information content (AvgIpc) is 2.87. The summed E-state index contributed by atoms with van der Waals surface area (Å²) in [5.74, 6) is -0.922. The molecule has 0 saturated heterocycles. The summed E-state index contributed by atoms with van der Waals surface area (Å²) in [6.45, 7) is 4.00. The van der Waals surface area contributed by atoms with Crippen molar-refractivity contribution >= 4 is 40.7 Å². The van der Waals surface area contributed by atoms with E-state index in [0.29, 0.717) is 11.4 Å². The number of halogens is 3. The highest BCUT2D eigenvalue weighted by molar-refractivity contribution is 6.53. The van der Waals surface area contributed by atoms with Gasteiger partial charge in [-0.25, -0.2) is 0 Å². The van der Waals surface area contributed by atoms with Crippen molar-refractivity contribution < 1.29 is 4.79 Å². The Morgan fingerprint density at radius 3 is 2.26 bits per heavy atom. The van der Waals surface area contributed by atoms with E-state index < -0.39 is 21.6 Å². The van der Waals surface area contributed by atoms with Crippen LogP contribution < -0.4 is 5.73 Å². The minimum Gasteiger partial charge on any atom is -0.369 e. The molecule has 1 aliphatic carbocycles. The van der Waals surface area contributed by atoms with Crippen molar-refractivity contribution in [3.63, 3.8) is 0 Å². The first-order valence-corrected chi connectivity index (χ1v) is 7.35. The Morgan fingerprint density at radius 1 is 1.37 bits per heavy atom. The molecule has 19 heavy (non-hydrogen) atoms. The number of nitrogens with two attached hydrogens (primary N) is 1. The zero-order valence-corrected chi connectivity index (χ0v) is 13.1. The molecular weight excluding hydrogens is 305 g/mol. The molecule has 0 aliphatic heterocycles. The van der Waals surface area contributed by atoms with Crippen molar-refractivity contribution in [3.8, 4) is 0 Å². The lowest BCUT2D eigenvalue weighted by atomic mass is 9.81. The van der Waals surface area contributed by atoms with Crippen LogP contribution in [0.3, 0.4) is 0 Å². The maximum atomic E-state index is 11.6. The fourth-order valence-corrected chi connectivity index (χ4v) is 4.68. The van der Waals surface area contributed by atoms with Crippen LogP contribution >= 0.6 is 34.8 Å². The van der Waals surface area contributed by atoms with E-state index in [1.165, 1.54) is 0 Å². The molecule has 0 spiro atoms. The first kappa shape index (κ1) is 15.0. The maximum Gasteiger partial charge on any atom is 0.224 e. The Morgan fingerprint density at radius 2 is 1.89 bits per heavy atom. The van der Waals surface area contributed by atoms with Gasteiger partial charge in [-0.3, -0.25) is 4.79 Å². The standard InChI is InChI=1S/C14H16Cl3NO/c1-3-13(11(12(18)19)14(13,16)17)8(2)9-4-6-10(15)7-5-9/h4-8,11H,3H2,1-2H3,(H2,18,19). The molecule has 0 aromatic heterocycles. The Labute approximate surface area is 128 Å². The maximum absolute atomic E-state index is 11.6. The van der Waals surface area contributed by atoms with E-state index >= 15 is 0 Å². The van der Waals surface area contributed by atoms with Crippen LogP contribution in [0.1, 0.15) is 31.7 Å². The third-order valence-electron chi connectivity index (χ3n) is 4.43. The van der Waals surface area contributed by atoms with Crippen molar-refractivity contribution in [1.29, 1.82) is 0 Å².